The van der Waals surface area contributed by atoms with E-state index in [1.807, 2.05) is 43.3 Å². The summed E-state index contributed by atoms with van der Waals surface area (Å²) in [6, 6.07) is 11.8. The van der Waals surface area contributed by atoms with Gasteiger partial charge in [-0.1, -0.05) is 19.1 Å². The van der Waals surface area contributed by atoms with Gasteiger partial charge in [0, 0.05) is 12.6 Å². The van der Waals surface area contributed by atoms with Crippen LogP contribution in [0.4, 0.5) is 0 Å². The van der Waals surface area contributed by atoms with Crippen LogP contribution in [0.3, 0.4) is 0 Å². The first kappa shape index (κ1) is 14.0. The predicted octanol–water partition coefficient (Wildman–Crippen LogP) is 4.05. The maximum atomic E-state index is 5.80. The minimum Gasteiger partial charge on any atom is -0.438 e. The molecule has 100 valence electrons. The highest BCUT2D eigenvalue weighted by molar-refractivity contribution is 9.10. The summed E-state index contributed by atoms with van der Waals surface area (Å²) in [5.74, 6) is 1.39. The molecule has 1 heterocycles. The van der Waals surface area contributed by atoms with Gasteiger partial charge in [0.2, 0.25) is 5.88 Å². The smallest absolute Gasteiger partial charge is 0.219 e. The highest BCUT2D eigenvalue weighted by Gasteiger charge is 2.04. The number of aryl methyl sites for hydroxylation is 1. The molecule has 0 spiro atoms. The minimum absolute atomic E-state index is 0.611. The Morgan fingerprint density at radius 3 is 2.84 bits per heavy atom. The minimum atomic E-state index is 0.611. The van der Waals surface area contributed by atoms with Crippen LogP contribution in [0.5, 0.6) is 11.6 Å². The van der Waals surface area contributed by atoms with E-state index < -0.39 is 0 Å². The third-order valence-corrected chi connectivity index (χ3v) is 3.26. The van der Waals surface area contributed by atoms with Gasteiger partial charge in [-0.25, -0.2) is 4.98 Å². The second-order valence-electron chi connectivity index (χ2n) is 4.28. The number of ether oxygens (including phenoxy) is 1. The monoisotopic (exact) mass is 320 g/mol. The van der Waals surface area contributed by atoms with Crippen molar-refractivity contribution in [1.82, 2.24) is 10.3 Å². The fourth-order valence-corrected chi connectivity index (χ4v) is 2.24. The summed E-state index contributed by atoms with van der Waals surface area (Å²) in [6.45, 7) is 5.80. The molecule has 0 saturated heterocycles. The van der Waals surface area contributed by atoms with E-state index in [1.54, 1.807) is 0 Å². The van der Waals surface area contributed by atoms with Gasteiger partial charge < -0.3 is 10.1 Å². The standard InChI is InChI=1S/C15H17BrN2O/c1-3-17-10-12-5-4-6-15(18-12)19-14-8-7-11(2)9-13(14)16/h4-9,17H,3,10H2,1-2H3. The first-order chi connectivity index (χ1) is 9.19. The van der Waals surface area contributed by atoms with Gasteiger partial charge in [0.25, 0.3) is 0 Å². The molecule has 0 amide bonds. The molecular weight excluding hydrogens is 304 g/mol. The first-order valence-corrected chi connectivity index (χ1v) is 7.09. The van der Waals surface area contributed by atoms with Crippen molar-refractivity contribution in [2.24, 2.45) is 0 Å². The average molecular weight is 321 g/mol. The third-order valence-electron chi connectivity index (χ3n) is 2.64. The van der Waals surface area contributed by atoms with Crippen LogP contribution in [-0.2, 0) is 6.54 Å². The van der Waals surface area contributed by atoms with Crippen molar-refractivity contribution in [2.75, 3.05) is 6.54 Å². The van der Waals surface area contributed by atoms with Crippen molar-refractivity contribution in [2.45, 2.75) is 20.4 Å². The van der Waals surface area contributed by atoms with Crippen molar-refractivity contribution in [3.05, 3.63) is 52.1 Å². The second-order valence-corrected chi connectivity index (χ2v) is 5.14. The van der Waals surface area contributed by atoms with Gasteiger partial charge in [0.15, 0.2) is 0 Å². The molecule has 19 heavy (non-hydrogen) atoms. The number of aromatic nitrogens is 1. The van der Waals surface area contributed by atoms with Crippen molar-refractivity contribution >= 4 is 15.9 Å². The van der Waals surface area contributed by atoms with E-state index >= 15 is 0 Å². The van der Waals surface area contributed by atoms with E-state index in [0.717, 1.165) is 29.0 Å². The van der Waals surface area contributed by atoms with E-state index in [2.05, 4.69) is 33.2 Å². The molecule has 1 aromatic heterocycles. The van der Waals surface area contributed by atoms with Crippen molar-refractivity contribution in [3.63, 3.8) is 0 Å². The van der Waals surface area contributed by atoms with Crippen molar-refractivity contribution < 1.29 is 4.74 Å². The lowest BCUT2D eigenvalue weighted by atomic mass is 10.2. The van der Waals surface area contributed by atoms with Gasteiger partial charge in [-0.2, -0.15) is 0 Å². The van der Waals surface area contributed by atoms with Crippen LogP contribution in [0.1, 0.15) is 18.2 Å². The summed E-state index contributed by atoms with van der Waals surface area (Å²) in [5, 5.41) is 3.25. The molecule has 0 atom stereocenters. The van der Waals surface area contributed by atoms with Crippen LogP contribution in [-0.4, -0.2) is 11.5 Å². The maximum absolute atomic E-state index is 5.80. The summed E-state index contributed by atoms with van der Waals surface area (Å²) in [4.78, 5) is 4.46. The molecule has 0 aliphatic rings. The van der Waals surface area contributed by atoms with Gasteiger partial charge in [-0.15, -0.1) is 0 Å². The van der Waals surface area contributed by atoms with Gasteiger partial charge >= 0.3 is 0 Å². The Hall–Kier alpha value is -1.39. The molecule has 0 aliphatic heterocycles. The summed E-state index contributed by atoms with van der Waals surface area (Å²) >= 11 is 3.50. The quantitative estimate of drug-likeness (QED) is 0.902. The Labute approximate surface area is 122 Å². The van der Waals surface area contributed by atoms with E-state index in [1.165, 1.54) is 5.56 Å². The van der Waals surface area contributed by atoms with Crippen LogP contribution >= 0.6 is 15.9 Å². The molecule has 1 N–H and O–H groups in total. The number of benzene rings is 1. The van der Waals surface area contributed by atoms with Gasteiger partial charge in [0.1, 0.15) is 5.75 Å². The molecule has 1 aromatic carbocycles. The molecule has 0 unspecified atom stereocenters. The number of hydrogen-bond donors (Lipinski definition) is 1. The maximum Gasteiger partial charge on any atom is 0.219 e. The molecule has 0 fully saturated rings. The molecular formula is C15H17BrN2O. The zero-order valence-electron chi connectivity index (χ0n) is 11.1. The van der Waals surface area contributed by atoms with Crippen molar-refractivity contribution in [1.29, 1.82) is 0 Å². The van der Waals surface area contributed by atoms with E-state index in [0.29, 0.717) is 5.88 Å². The van der Waals surface area contributed by atoms with Gasteiger partial charge in [-0.05, 0) is 53.2 Å². The summed E-state index contributed by atoms with van der Waals surface area (Å²) < 4.78 is 6.74. The lowest BCUT2D eigenvalue weighted by molar-refractivity contribution is 0.457. The largest absolute Gasteiger partial charge is 0.438 e. The highest BCUT2D eigenvalue weighted by atomic mass is 79.9. The summed E-state index contributed by atoms with van der Waals surface area (Å²) in [6.07, 6.45) is 0. The third kappa shape index (κ3) is 4.04. The molecule has 0 aliphatic carbocycles. The fourth-order valence-electron chi connectivity index (χ4n) is 1.67. The predicted molar refractivity (Wildman–Crippen MR) is 80.6 cm³/mol. The number of pyridine rings is 1. The Kier molecular flexibility index (Phi) is 4.93. The molecule has 0 bridgehead atoms. The molecule has 3 nitrogen and oxygen atoms in total. The van der Waals surface area contributed by atoms with E-state index in [9.17, 15) is 0 Å². The number of nitrogens with one attached hydrogen (secondary N) is 1. The van der Waals surface area contributed by atoms with Crippen molar-refractivity contribution in [3.8, 4) is 11.6 Å². The molecule has 2 aromatic rings. The van der Waals surface area contributed by atoms with Gasteiger partial charge in [0.05, 0.1) is 10.2 Å². The summed E-state index contributed by atoms with van der Waals surface area (Å²) in [5.41, 5.74) is 2.16. The Morgan fingerprint density at radius 1 is 1.26 bits per heavy atom. The lowest BCUT2D eigenvalue weighted by Gasteiger charge is -2.09. The Morgan fingerprint density at radius 2 is 2.11 bits per heavy atom. The normalized spacial score (nSPS) is 10.5. The van der Waals surface area contributed by atoms with E-state index in [-0.39, 0.29) is 0 Å². The zero-order valence-corrected chi connectivity index (χ0v) is 12.7. The molecule has 2 rings (SSSR count). The zero-order chi connectivity index (χ0) is 13.7. The van der Waals surface area contributed by atoms with Crippen LogP contribution in [0, 0.1) is 6.92 Å². The highest BCUT2D eigenvalue weighted by Crippen LogP contribution is 2.29. The van der Waals surface area contributed by atoms with Crippen LogP contribution < -0.4 is 10.1 Å². The lowest BCUT2D eigenvalue weighted by Crippen LogP contribution is -2.12. The summed E-state index contributed by atoms with van der Waals surface area (Å²) in [7, 11) is 0. The fraction of sp³-hybridized carbons (Fsp3) is 0.267. The molecule has 0 radical (unpaired) electrons. The first-order valence-electron chi connectivity index (χ1n) is 6.29. The van der Waals surface area contributed by atoms with Crippen LogP contribution in [0.2, 0.25) is 0 Å². The van der Waals surface area contributed by atoms with Crippen LogP contribution in [0.15, 0.2) is 40.9 Å². The SMILES string of the molecule is CCNCc1cccc(Oc2ccc(C)cc2Br)n1. The molecule has 4 heteroatoms. The van der Waals surface area contributed by atoms with Crippen LogP contribution in [0.25, 0.3) is 0 Å². The number of rotatable bonds is 5. The molecule has 0 saturated carbocycles. The van der Waals surface area contributed by atoms with Gasteiger partial charge in [-0.3, -0.25) is 0 Å². The number of nitrogens with zero attached hydrogens (tertiary/aromatic N) is 1. The van der Waals surface area contributed by atoms with E-state index in [4.69, 9.17) is 4.74 Å². The number of hydrogen-bond acceptors (Lipinski definition) is 3. The number of halogens is 1. The Bertz CT molecular complexity index is 558. The Balaban J connectivity index is 2.14. The topological polar surface area (TPSA) is 34.1 Å². The average Bonchev–Trinajstić information content (AvgIpc) is 2.40. The second kappa shape index (κ2) is 6.68.